The molecule has 1 heterocycles. The first-order valence-electron chi connectivity index (χ1n) is 6.48. The Morgan fingerprint density at radius 1 is 1.58 bits per heavy atom. The second-order valence-corrected chi connectivity index (χ2v) is 5.30. The molecule has 0 aliphatic heterocycles. The van der Waals surface area contributed by atoms with E-state index >= 15 is 0 Å². The topological polar surface area (TPSA) is 87.4 Å². The summed E-state index contributed by atoms with van der Waals surface area (Å²) >= 11 is 0. The number of aliphatic hydroxyl groups is 1. The van der Waals surface area contributed by atoms with Crippen LogP contribution >= 0.6 is 0 Å². The van der Waals surface area contributed by atoms with Crippen molar-refractivity contribution in [3.05, 3.63) is 17.5 Å². The first-order valence-corrected chi connectivity index (χ1v) is 6.48. The zero-order chi connectivity index (χ0) is 14.5. The Labute approximate surface area is 113 Å². The predicted molar refractivity (Wildman–Crippen MR) is 71.7 cm³/mol. The van der Waals surface area contributed by atoms with Crippen LogP contribution in [0.25, 0.3) is 0 Å². The van der Waals surface area contributed by atoms with E-state index in [0.717, 1.165) is 13.1 Å². The Morgan fingerprint density at radius 2 is 2.26 bits per heavy atom. The zero-order valence-electron chi connectivity index (χ0n) is 12.0. The lowest BCUT2D eigenvalue weighted by atomic mass is 9.85. The second kappa shape index (κ2) is 6.68. The van der Waals surface area contributed by atoms with Crippen molar-refractivity contribution in [3.63, 3.8) is 0 Å². The normalized spacial score (nSPS) is 13.3. The van der Waals surface area contributed by atoms with Crippen molar-refractivity contribution in [3.8, 4) is 0 Å². The van der Waals surface area contributed by atoms with Crippen molar-refractivity contribution in [2.75, 3.05) is 13.1 Å². The molecule has 0 spiro atoms. The standard InChI is InChI=1S/C13H23N3O3/c1-5-14-8-13(3,4)9(2)15-12(18)11-6-10(7-17)19-16-11/h6,9,14,17H,5,7-8H2,1-4H3,(H,15,18). The summed E-state index contributed by atoms with van der Waals surface area (Å²) < 4.78 is 4.79. The van der Waals surface area contributed by atoms with Crippen molar-refractivity contribution in [1.29, 1.82) is 0 Å². The van der Waals surface area contributed by atoms with Gasteiger partial charge in [-0.2, -0.15) is 0 Å². The van der Waals surface area contributed by atoms with Crippen LogP contribution in [-0.2, 0) is 6.61 Å². The molecule has 1 amide bonds. The minimum Gasteiger partial charge on any atom is -0.388 e. The highest BCUT2D eigenvalue weighted by Gasteiger charge is 2.27. The fraction of sp³-hybridized carbons (Fsp3) is 0.692. The molecule has 1 aromatic rings. The van der Waals surface area contributed by atoms with Gasteiger partial charge in [-0.25, -0.2) is 0 Å². The third-order valence-electron chi connectivity index (χ3n) is 3.30. The Morgan fingerprint density at radius 3 is 2.79 bits per heavy atom. The third kappa shape index (κ3) is 4.33. The van der Waals surface area contributed by atoms with E-state index in [4.69, 9.17) is 9.63 Å². The Hall–Kier alpha value is -1.40. The van der Waals surface area contributed by atoms with Crippen molar-refractivity contribution >= 4 is 5.91 Å². The van der Waals surface area contributed by atoms with E-state index in [1.165, 1.54) is 6.07 Å². The molecular weight excluding hydrogens is 246 g/mol. The van der Waals surface area contributed by atoms with Crippen LogP contribution in [0.2, 0.25) is 0 Å². The minimum atomic E-state index is -0.291. The predicted octanol–water partition coefficient (Wildman–Crippen LogP) is 0.921. The van der Waals surface area contributed by atoms with Crippen molar-refractivity contribution in [1.82, 2.24) is 15.8 Å². The lowest BCUT2D eigenvalue weighted by Gasteiger charge is -2.32. The van der Waals surface area contributed by atoms with Crippen LogP contribution < -0.4 is 10.6 Å². The average molecular weight is 269 g/mol. The summed E-state index contributed by atoms with van der Waals surface area (Å²) in [6.07, 6.45) is 0. The first kappa shape index (κ1) is 15.7. The molecule has 3 N–H and O–H groups in total. The molecule has 0 fully saturated rings. The number of aliphatic hydroxyl groups excluding tert-OH is 1. The third-order valence-corrected chi connectivity index (χ3v) is 3.30. The number of aromatic nitrogens is 1. The van der Waals surface area contributed by atoms with Crippen LogP contribution in [0.3, 0.4) is 0 Å². The van der Waals surface area contributed by atoms with E-state index in [1.54, 1.807) is 0 Å². The van der Waals surface area contributed by atoms with E-state index in [-0.39, 0.29) is 35.4 Å². The van der Waals surface area contributed by atoms with E-state index < -0.39 is 0 Å². The number of nitrogens with one attached hydrogen (secondary N) is 2. The maximum atomic E-state index is 12.0. The summed E-state index contributed by atoms with van der Waals surface area (Å²) in [5.41, 5.74) is 0.116. The molecule has 19 heavy (non-hydrogen) atoms. The monoisotopic (exact) mass is 269 g/mol. The number of hydrogen-bond donors (Lipinski definition) is 3. The molecule has 0 aliphatic rings. The maximum absolute atomic E-state index is 12.0. The molecular formula is C13H23N3O3. The van der Waals surface area contributed by atoms with Crippen LogP contribution in [0.15, 0.2) is 10.6 Å². The quantitative estimate of drug-likeness (QED) is 0.685. The number of carbonyl (C=O) groups excluding carboxylic acids is 1. The maximum Gasteiger partial charge on any atom is 0.273 e. The largest absolute Gasteiger partial charge is 0.388 e. The van der Waals surface area contributed by atoms with Gasteiger partial charge in [0, 0.05) is 18.7 Å². The van der Waals surface area contributed by atoms with Gasteiger partial charge in [-0.05, 0) is 18.9 Å². The number of rotatable bonds is 7. The van der Waals surface area contributed by atoms with Gasteiger partial charge < -0.3 is 20.3 Å². The lowest BCUT2D eigenvalue weighted by molar-refractivity contribution is 0.0893. The van der Waals surface area contributed by atoms with Gasteiger partial charge in [-0.15, -0.1) is 0 Å². The van der Waals surface area contributed by atoms with Gasteiger partial charge in [0.15, 0.2) is 11.5 Å². The Balaban J connectivity index is 2.60. The van der Waals surface area contributed by atoms with Gasteiger partial charge in [0.05, 0.1) is 0 Å². The van der Waals surface area contributed by atoms with Gasteiger partial charge in [-0.1, -0.05) is 25.9 Å². The molecule has 6 nitrogen and oxygen atoms in total. The molecule has 0 radical (unpaired) electrons. The molecule has 6 heteroatoms. The summed E-state index contributed by atoms with van der Waals surface area (Å²) in [4.78, 5) is 12.0. The summed E-state index contributed by atoms with van der Waals surface area (Å²) in [5, 5.41) is 18.7. The van der Waals surface area contributed by atoms with Gasteiger partial charge in [0.1, 0.15) is 6.61 Å². The number of carbonyl (C=O) groups is 1. The molecule has 0 saturated heterocycles. The zero-order valence-corrected chi connectivity index (χ0v) is 12.0. The molecule has 108 valence electrons. The molecule has 1 atom stereocenters. The van der Waals surface area contributed by atoms with Crippen LogP contribution in [0, 0.1) is 5.41 Å². The van der Waals surface area contributed by atoms with E-state index in [2.05, 4.69) is 29.6 Å². The van der Waals surface area contributed by atoms with Gasteiger partial charge in [-0.3, -0.25) is 4.79 Å². The minimum absolute atomic E-state index is 0.0201. The number of nitrogens with zero attached hydrogens (tertiary/aromatic N) is 1. The van der Waals surface area contributed by atoms with Crippen LogP contribution in [0.5, 0.6) is 0 Å². The van der Waals surface area contributed by atoms with Gasteiger partial charge in [0.2, 0.25) is 0 Å². The summed E-state index contributed by atoms with van der Waals surface area (Å²) in [6, 6.07) is 1.42. The van der Waals surface area contributed by atoms with Gasteiger partial charge >= 0.3 is 0 Å². The Bertz CT molecular complexity index is 415. The second-order valence-electron chi connectivity index (χ2n) is 5.30. The van der Waals surface area contributed by atoms with Gasteiger partial charge in [0.25, 0.3) is 5.91 Å². The Kier molecular flexibility index (Phi) is 5.50. The molecule has 1 rings (SSSR count). The molecule has 0 bridgehead atoms. The van der Waals surface area contributed by atoms with Crippen LogP contribution in [0.1, 0.15) is 43.9 Å². The molecule has 0 aliphatic carbocycles. The molecule has 0 saturated carbocycles. The van der Waals surface area contributed by atoms with Crippen LogP contribution in [-0.4, -0.2) is 35.3 Å². The lowest BCUT2D eigenvalue weighted by Crippen LogP contribution is -2.47. The van der Waals surface area contributed by atoms with E-state index in [0.29, 0.717) is 0 Å². The van der Waals surface area contributed by atoms with Crippen molar-refractivity contribution in [2.45, 2.75) is 40.3 Å². The highest BCUT2D eigenvalue weighted by Crippen LogP contribution is 2.19. The summed E-state index contributed by atoms with van der Waals surface area (Å²) in [6.45, 7) is 9.62. The van der Waals surface area contributed by atoms with Crippen molar-refractivity contribution in [2.24, 2.45) is 5.41 Å². The summed E-state index contributed by atoms with van der Waals surface area (Å²) in [7, 11) is 0. The SMILES string of the molecule is CCNCC(C)(C)C(C)NC(=O)c1cc(CO)on1. The first-order chi connectivity index (χ1) is 8.90. The molecule has 1 unspecified atom stereocenters. The highest BCUT2D eigenvalue weighted by atomic mass is 16.5. The van der Waals surface area contributed by atoms with E-state index in [1.807, 2.05) is 13.8 Å². The van der Waals surface area contributed by atoms with Crippen LogP contribution in [0.4, 0.5) is 0 Å². The molecule has 0 aromatic carbocycles. The average Bonchev–Trinajstić information content (AvgIpc) is 2.85. The molecule has 1 aromatic heterocycles. The number of amides is 1. The smallest absolute Gasteiger partial charge is 0.273 e. The fourth-order valence-corrected chi connectivity index (χ4v) is 1.56. The van der Waals surface area contributed by atoms with E-state index in [9.17, 15) is 4.79 Å². The number of hydrogen-bond acceptors (Lipinski definition) is 5. The highest BCUT2D eigenvalue weighted by molar-refractivity contribution is 5.92. The van der Waals surface area contributed by atoms with Crippen molar-refractivity contribution < 1.29 is 14.4 Å². The fourth-order valence-electron chi connectivity index (χ4n) is 1.56. The summed E-state index contributed by atoms with van der Waals surface area (Å²) in [5.74, 6) is -0.00904.